The molecule has 0 unspecified atom stereocenters. The van der Waals surface area contributed by atoms with Crippen LogP contribution in [0.5, 0.6) is 0 Å². The second-order valence-electron chi connectivity index (χ2n) is 3.39. The van der Waals surface area contributed by atoms with E-state index in [2.05, 4.69) is 0 Å². The summed E-state index contributed by atoms with van der Waals surface area (Å²) in [5.74, 6) is -0.116. The van der Waals surface area contributed by atoms with Gasteiger partial charge in [0.25, 0.3) is 0 Å². The Balaban J connectivity index is 3.64. The molecule has 0 bridgehead atoms. The topological polar surface area (TPSA) is 26.3 Å². The van der Waals surface area contributed by atoms with E-state index < -0.39 is 0 Å². The molecule has 2 nitrogen and oxygen atoms in total. The molecule has 0 heterocycles. The maximum absolute atomic E-state index is 11.0. The van der Waals surface area contributed by atoms with E-state index in [-0.39, 0.29) is 11.4 Å². The van der Waals surface area contributed by atoms with Gasteiger partial charge in [-0.05, 0) is 27.2 Å². The van der Waals surface area contributed by atoms with E-state index >= 15 is 0 Å². The summed E-state index contributed by atoms with van der Waals surface area (Å²) in [4.78, 5) is 11.0. The van der Waals surface area contributed by atoms with Gasteiger partial charge < -0.3 is 4.74 Å². The predicted molar refractivity (Wildman–Crippen MR) is 40.7 cm³/mol. The van der Waals surface area contributed by atoms with E-state index in [1.165, 1.54) is 0 Å². The Morgan fingerprint density at radius 2 is 1.90 bits per heavy atom. The van der Waals surface area contributed by atoms with Gasteiger partial charge in [0.05, 0.1) is 12.0 Å². The largest absolute Gasteiger partial charge is 0.465 e. The monoisotopic (exact) mass is 144 g/mol. The first-order valence-corrected chi connectivity index (χ1v) is 3.65. The van der Waals surface area contributed by atoms with Crippen LogP contribution in [0.3, 0.4) is 0 Å². The van der Waals surface area contributed by atoms with Crippen molar-refractivity contribution in [3.05, 3.63) is 0 Å². The molecule has 0 rings (SSSR count). The molecule has 0 fully saturated rings. The van der Waals surface area contributed by atoms with Crippen molar-refractivity contribution in [2.75, 3.05) is 6.61 Å². The third kappa shape index (κ3) is 3.49. The fourth-order valence-corrected chi connectivity index (χ4v) is 0.411. The van der Waals surface area contributed by atoms with Crippen molar-refractivity contribution in [3.8, 4) is 0 Å². The minimum absolute atomic E-state index is 0.116. The lowest BCUT2D eigenvalue weighted by Gasteiger charge is -2.15. The van der Waals surface area contributed by atoms with E-state index in [9.17, 15) is 4.79 Å². The molecule has 0 aliphatic rings. The predicted octanol–water partition coefficient (Wildman–Crippen LogP) is 1.99. The average Bonchev–Trinajstić information content (AvgIpc) is 1.80. The van der Waals surface area contributed by atoms with Gasteiger partial charge in [-0.15, -0.1) is 0 Å². The summed E-state index contributed by atoms with van der Waals surface area (Å²) >= 11 is 0. The number of hydrogen-bond donors (Lipinski definition) is 0. The molecule has 0 spiro atoms. The molecule has 0 amide bonds. The summed E-state index contributed by atoms with van der Waals surface area (Å²) in [6, 6.07) is 0. The first kappa shape index (κ1) is 9.47. The van der Waals surface area contributed by atoms with E-state index in [1.54, 1.807) is 0 Å². The number of ether oxygens (including phenoxy) is 1. The van der Waals surface area contributed by atoms with Gasteiger partial charge in [0.2, 0.25) is 0 Å². The van der Waals surface area contributed by atoms with E-state index in [0.717, 1.165) is 6.42 Å². The molecule has 0 atom stereocenters. The number of carbonyl (C=O) groups excluding carboxylic acids is 1. The number of rotatable bonds is 2. The van der Waals surface area contributed by atoms with Crippen LogP contribution in [0.15, 0.2) is 0 Å². The highest BCUT2D eigenvalue weighted by Crippen LogP contribution is 2.14. The van der Waals surface area contributed by atoms with Crippen molar-refractivity contribution in [1.82, 2.24) is 0 Å². The molecule has 0 aliphatic carbocycles. The fraction of sp³-hybridized carbons (Fsp3) is 0.875. The van der Waals surface area contributed by atoms with Crippen LogP contribution >= 0.6 is 0 Å². The number of esters is 1. The molecule has 0 aromatic rings. The van der Waals surface area contributed by atoms with Crippen molar-refractivity contribution in [2.45, 2.75) is 34.1 Å². The minimum atomic E-state index is -0.352. The summed E-state index contributed by atoms with van der Waals surface area (Å²) < 4.78 is 4.92. The summed E-state index contributed by atoms with van der Waals surface area (Å²) in [6.07, 6.45) is 0.891. The van der Waals surface area contributed by atoms with Gasteiger partial charge in [0.1, 0.15) is 0 Å². The number of carbonyl (C=O) groups is 1. The van der Waals surface area contributed by atoms with Gasteiger partial charge in [-0.1, -0.05) is 6.92 Å². The van der Waals surface area contributed by atoms with Crippen molar-refractivity contribution < 1.29 is 9.53 Å². The van der Waals surface area contributed by atoms with Crippen molar-refractivity contribution >= 4 is 5.97 Å². The standard InChI is InChI=1S/C8H16O2/c1-5-6-10-7(9)8(2,3)4/h5-6H2,1-4H3. The van der Waals surface area contributed by atoms with Gasteiger partial charge in [-0.3, -0.25) is 4.79 Å². The smallest absolute Gasteiger partial charge is 0.311 e. The summed E-state index contributed by atoms with van der Waals surface area (Å²) in [5.41, 5.74) is -0.352. The zero-order valence-corrected chi connectivity index (χ0v) is 7.23. The van der Waals surface area contributed by atoms with Crippen LogP contribution in [0.25, 0.3) is 0 Å². The van der Waals surface area contributed by atoms with Gasteiger partial charge in [-0.2, -0.15) is 0 Å². The maximum Gasteiger partial charge on any atom is 0.311 e. The summed E-state index contributed by atoms with van der Waals surface area (Å²) in [6.45, 7) is 8.08. The molecule has 60 valence electrons. The summed E-state index contributed by atoms with van der Waals surface area (Å²) in [5, 5.41) is 0. The lowest BCUT2D eigenvalue weighted by Crippen LogP contribution is -2.23. The second-order valence-corrected chi connectivity index (χ2v) is 3.39. The van der Waals surface area contributed by atoms with Crippen LogP contribution in [0.2, 0.25) is 0 Å². The molecule has 0 radical (unpaired) electrons. The lowest BCUT2D eigenvalue weighted by molar-refractivity contribution is -0.152. The fourth-order valence-electron chi connectivity index (χ4n) is 0.411. The molecular formula is C8H16O2. The third-order valence-electron chi connectivity index (χ3n) is 1.05. The zero-order chi connectivity index (χ0) is 8.20. The van der Waals surface area contributed by atoms with Crippen molar-refractivity contribution in [3.63, 3.8) is 0 Å². The van der Waals surface area contributed by atoms with Crippen molar-refractivity contribution in [2.24, 2.45) is 5.41 Å². The van der Waals surface area contributed by atoms with Crippen LogP contribution in [0, 0.1) is 5.41 Å². The molecule has 2 heteroatoms. The highest BCUT2D eigenvalue weighted by Gasteiger charge is 2.22. The van der Waals surface area contributed by atoms with Gasteiger partial charge >= 0.3 is 5.97 Å². The van der Waals surface area contributed by atoms with E-state index in [4.69, 9.17) is 4.74 Å². The van der Waals surface area contributed by atoms with Crippen LogP contribution in [0.4, 0.5) is 0 Å². The Bertz CT molecular complexity index is 111. The van der Waals surface area contributed by atoms with Crippen LogP contribution < -0.4 is 0 Å². The molecule has 0 saturated carbocycles. The van der Waals surface area contributed by atoms with Crippen LogP contribution in [-0.4, -0.2) is 12.6 Å². The van der Waals surface area contributed by atoms with Gasteiger partial charge in [-0.25, -0.2) is 0 Å². The molecule has 10 heavy (non-hydrogen) atoms. The second kappa shape index (κ2) is 3.59. The first-order chi connectivity index (χ1) is 4.48. The van der Waals surface area contributed by atoms with E-state index in [0.29, 0.717) is 6.61 Å². The van der Waals surface area contributed by atoms with E-state index in [1.807, 2.05) is 27.7 Å². The zero-order valence-electron chi connectivity index (χ0n) is 7.23. The molecule has 0 aromatic carbocycles. The molecule has 0 N–H and O–H groups in total. The molecular weight excluding hydrogens is 128 g/mol. The van der Waals surface area contributed by atoms with Crippen molar-refractivity contribution in [1.29, 1.82) is 0 Å². The Morgan fingerprint density at radius 1 is 1.40 bits per heavy atom. The Hall–Kier alpha value is -0.530. The number of hydrogen-bond acceptors (Lipinski definition) is 2. The highest BCUT2D eigenvalue weighted by molar-refractivity contribution is 5.75. The molecule has 0 aromatic heterocycles. The lowest BCUT2D eigenvalue weighted by atomic mass is 9.97. The third-order valence-corrected chi connectivity index (χ3v) is 1.05. The Morgan fingerprint density at radius 3 is 2.20 bits per heavy atom. The molecule has 0 aliphatic heterocycles. The normalized spacial score (nSPS) is 11.2. The average molecular weight is 144 g/mol. The van der Waals surface area contributed by atoms with Crippen LogP contribution in [-0.2, 0) is 9.53 Å². The molecule has 0 saturated heterocycles. The Kier molecular flexibility index (Phi) is 3.40. The summed E-state index contributed by atoms with van der Waals surface area (Å²) in [7, 11) is 0. The quantitative estimate of drug-likeness (QED) is 0.554. The SMILES string of the molecule is CCCOC(=O)C(C)(C)C. The van der Waals surface area contributed by atoms with Gasteiger partial charge in [0, 0.05) is 0 Å². The minimum Gasteiger partial charge on any atom is -0.465 e. The highest BCUT2D eigenvalue weighted by atomic mass is 16.5. The van der Waals surface area contributed by atoms with Crippen LogP contribution in [0.1, 0.15) is 34.1 Å². The Labute approximate surface area is 62.6 Å². The first-order valence-electron chi connectivity index (χ1n) is 3.65. The van der Waals surface area contributed by atoms with Gasteiger partial charge in [0.15, 0.2) is 0 Å². The maximum atomic E-state index is 11.0.